The minimum Gasteiger partial charge on any atom is -0.339 e. The summed E-state index contributed by atoms with van der Waals surface area (Å²) in [5.74, 6) is 0.240. The molecule has 1 aromatic carbocycles. The van der Waals surface area contributed by atoms with Crippen LogP contribution in [0, 0.1) is 0 Å². The third-order valence-electron chi connectivity index (χ3n) is 4.39. The lowest BCUT2D eigenvalue weighted by atomic mass is 10.2. The number of piperazine rings is 1. The van der Waals surface area contributed by atoms with Crippen molar-refractivity contribution >= 4 is 17.2 Å². The zero-order valence-corrected chi connectivity index (χ0v) is 15.0. The van der Waals surface area contributed by atoms with Gasteiger partial charge >= 0.3 is 0 Å². The maximum absolute atomic E-state index is 12.5. The van der Waals surface area contributed by atoms with Crippen LogP contribution < -0.4 is 0 Å². The van der Waals surface area contributed by atoms with Gasteiger partial charge in [0.2, 0.25) is 5.91 Å². The summed E-state index contributed by atoms with van der Waals surface area (Å²) in [6.45, 7) is 5.91. The van der Waals surface area contributed by atoms with E-state index in [0.717, 1.165) is 39.3 Å². The highest BCUT2D eigenvalue weighted by molar-refractivity contribution is 7.09. The largest absolute Gasteiger partial charge is 0.339 e. The quantitative estimate of drug-likeness (QED) is 0.806. The zero-order valence-electron chi connectivity index (χ0n) is 14.2. The maximum atomic E-state index is 12.5. The summed E-state index contributed by atoms with van der Waals surface area (Å²) in [5.41, 5.74) is 1.24. The van der Waals surface area contributed by atoms with Crippen LogP contribution in [0.5, 0.6) is 0 Å². The van der Waals surface area contributed by atoms with Crippen molar-refractivity contribution in [3.05, 3.63) is 58.3 Å². The van der Waals surface area contributed by atoms with Crippen LogP contribution in [-0.4, -0.2) is 60.4 Å². The van der Waals surface area contributed by atoms with Crippen LogP contribution in [0.15, 0.2) is 47.8 Å². The molecule has 0 saturated carbocycles. The maximum Gasteiger partial charge on any atom is 0.236 e. The fraction of sp³-hybridized carbons (Fsp3) is 0.421. The van der Waals surface area contributed by atoms with Crippen molar-refractivity contribution in [2.75, 3.05) is 39.8 Å². The van der Waals surface area contributed by atoms with E-state index in [-0.39, 0.29) is 5.91 Å². The lowest BCUT2D eigenvalue weighted by Gasteiger charge is -2.35. The van der Waals surface area contributed by atoms with Gasteiger partial charge in [0.15, 0.2) is 0 Å². The summed E-state index contributed by atoms with van der Waals surface area (Å²) in [7, 11) is 2.01. The van der Waals surface area contributed by atoms with Crippen LogP contribution in [-0.2, 0) is 17.9 Å². The first-order valence-electron chi connectivity index (χ1n) is 8.46. The Labute approximate surface area is 148 Å². The van der Waals surface area contributed by atoms with Gasteiger partial charge in [0.1, 0.15) is 0 Å². The summed E-state index contributed by atoms with van der Waals surface area (Å²) in [6, 6.07) is 14.6. The number of hydrogen-bond donors (Lipinski definition) is 0. The number of amides is 1. The minimum absolute atomic E-state index is 0.240. The van der Waals surface area contributed by atoms with Crippen LogP contribution in [0.25, 0.3) is 0 Å². The Morgan fingerprint density at radius 1 is 1.08 bits per heavy atom. The van der Waals surface area contributed by atoms with E-state index in [9.17, 15) is 4.79 Å². The molecule has 0 unspecified atom stereocenters. The number of rotatable bonds is 6. The Bertz CT molecular complexity index is 621. The second-order valence-electron chi connectivity index (χ2n) is 6.39. The average molecular weight is 343 g/mol. The van der Waals surface area contributed by atoms with Gasteiger partial charge < -0.3 is 4.90 Å². The first kappa shape index (κ1) is 17.1. The van der Waals surface area contributed by atoms with Gasteiger partial charge in [-0.3, -0.25) is 14.6 Å². The van der Waals surface area contributed by atoms with Crippen molar-refractivity contribution in [1.82, 2.24) is 14.7 Å². The highest BCUT2D eigenvalue weighted by atomic mass is 32.1. The SMILES string of the molecule is CN(CC(=O)N1CCN(Cc2cccs2)CC1)Cc1ccccc1. The van der Waals surface area contributed by atoms with Crippen molar-refractivity contribution in [2.24, 2.45) is 0 Å². The average Bonchev–Trinajstić information content (AvgIpc) is 3.09. The van der Waals surface area contributed by atoms with E-state index in [4.69, 9.17) is 0 Å². The van der Waals surface area contributed by atoms with Crippen LogP contribution in [0.4, 0.5) is 0 Å². The molecule has 0 N–H and O–H groups in total. The predicted molar refractivity (Wildman–Crippen MR) is 99.0 cm³/mol. The van der Waals surface area contributed by atoms with E-state index in [1.165, 1.54) is 10.4 Å². The number of carbonyl (C=O) groups is 1. The molecular weight excluding hydrogens is 318 g/mol. The van der Waals surface area contributed by atoms with Crippen molar-refractivity contribution in [3.63, 3.8) is 0 Å². The van der Waals surface area contributed by atoms with E-state index in [2.05, 4.69) is 39.4 Å². The Morgan fingerprint density at radius 3 is 2.50 bits per heavy atom. The Hall–Kier alpha value is -1.69. The Morgan fingerprint density at radius 2 is 1.83 bits per heavy atom. The standard InChI is InChI=1S/C19H25N3OS/c1-20(14-17-6-3-2-4-7-17)16-19(23)22-11-9-21(10-12-22)15-18-8-5-13-24-18/h2-8,13H,9-12,14-16H2,1H3. The molecular formula is C19H25N3OS. The van der Waals surface area contributed by atoms with Crippen LogP contribution >= 0.6 is 11.3 Å². The first-order chi connectivity index (χ1) is 11.7. The molecule has 3 rings (SSSR count). The topological polar surface area (TPSA) is 26.8 Å². The summed E-state index contributed by atoms with van der Waals surface area (Å²) < 4.78 is 0. The molecule has 4 nitrogen and oxygen atoms in total. The molecule has 5 heteroatoms. The summed E-state index contributed by atoms with van der Waals surface area (Å²) in [4.78, 5) is 20.4. The summed E-state index contributed by atoms with van der Waals surface area (Å²) in [6.07, 6.45) is 0. The second-order valence-corrected chi connectivity index (χ2v) is 7.43. The molecule has 1 saturated heterocycles. The first-order valence-corrected chi connectivity index (χ1v) is 9.33. The van der Waals surface area contributed by atoms with Gasteiger partial charge in [0.25, 0.3) is 0 Å². The lowest BCUT2D eigenvalue weighted by molar-refractivity contribution is -0.134. The van der Waals surface area contributed by atoms with Crippen molar-refractivity contribution in [3.8, 4) is 0 Å². The smallest absolute Gasteiger partial charge is 0.236 e. The lowest BCUT2D eigenvalue weighted by Crippen LogP contribution is -2.50. The summed E-state index contributed by atoms with van der Waals surface area (Å²) in [5, 5.41) is 2.12. The molecule has 2 aromatic rings. The second kappa shape index (κ2) is 8.42. The van der Waals surface area contributed by atoms with Gasteiger partial charge in [-0.1, -0.05) is 36.4 Å². The van der Waals surface area contributed by atoms with Gasteiger partial charge in [0.05, 0.1) is 6.54 Å². The highest BCUT2D eigenvalue weighted by Crippen LogP contribution is 2.13. The molecule has 0 aliphatic carbocycles. The van der Waals surface area contributed by atoms with E-state index < -0.39 is 0 Å². The van der Waals surface area contributed by atoms with Gasteiger partial charge in [-0.2, -0.15) is 0 Å². The molecule has 0 radical (unpaired) electrons. The van der Waals surface area contributed by atoms with Gasteiger partial charge in [-0.05, 0) is 24.1 Å². The number of hydrogen-bond acceptors (Lipinski definition) is 4. The van der Waals surface area contributed by atoms with Crippen LogP contribution in [0.2, 0.25) is 0 Å². The molecule has 128 valence electrons. The van der Waals surface area contributed by atoms with Gasteiger partial charge in [-0.15, -0.1) is 11.3 Å². The number of likely N-dealkylation sites (N-methyl/N-ethyl adjacent to an activating group) is 1. The molecule has 0 spiro atoms. The highest BCUT2D eigenvalue weighted by Gasteiger charge is 2.22. The molecule has 1 aliphatic heterocycles. The fourth-order valence-electron chi connectivity index (χ4n) is 3.06. The number of nitrogens with zero attached hydrogens (tertiary/aromatic N) is 3. The van der Waals surface area contributed by atoms with Crippen LogP contribution in [0.3, 0.4) is 0 Å². The van der Waals surface area contributed by atoms with Gasteiger partial charge in [-0.25, -0.2) is 0 Å². The molecule has 0 atom stereocenters. The van der Waals surface area contributed by atoms with Crippen molar-refractivity contribution in [2.45, 2.75) is 13.1 Å². The fourth-order valence-corrected chi connectivity index (χ4v) is 3.81. The van der Waals surface area contributed by atoms with Crippen molar-refractivity contribution in [1.29, 1.82) is 0 Å². The number of thiophene rings is 1. The normalized spacial score (nSPS) is 15.8. The number of benzene rings is 1. The molecule has 2 heterocycles. The molecule has 1 aromatic heterocycles. The predicted octanol–water partition coefficient (Wildman–Crippen LogP) is 2.52. The molecule has 1 amide bonds. The number of carbonyl (C=O) groups excluding carboxylic acids is 1. The van der Waals surface area contributed by atoms with E-state index in [0.29, 0.717) is 6.54 Å². The third kappa shape index (κ3) is 4.90. The van der Waals surface area contributed by atoms with E-state index in [1.54, 1.807) is 11.3 Å². The summed E-state index contributed by atoms with van der Waals surface area (Å²) >= 11 is 1.80. The van der Waals surface area contributed by atoms with Crippen molar-refractivity contribution < 1.29 is 4.79 Å². The van der Waals surface area contributed by atoms with Gasteiger partial charge in [0, 0.05) is 44.1 Å². The molecule has 1 aliphatic rings. The minimum atomic E-state index is 0.240. The third-order valence-corrected chi connectivity index (χ3v) is 5.25. The molecule has 1 fully saturated rings. The Kier molecular flexibility index (Phi) is 6.01. The monoisotopic (exact) mass is 343 g/mol. The Balaban J connectivity index is 1.41. The van der Waals surface area contributed by atoms with Crippen LogP contribution in [0.1, 0.15) is 10.4 Å². The van der Waals surface area contributed by atoms with E-state index >= 15 is 0 Å². The molecule has 24 heavy (non-hydrogen) atoms. The zero-order chi connectivity index (χ0) is 16.8. The molecule has 0 bridgehead atoms. The van der Waals surface area contributed by atoms with E-state index in [1.807, 2.05) is 30.1 Å².